The maximum atomic E-state index is 13.5. The van der Waals surface area contributed by atoms with Crippen molar-refractivity contribution in [3.63, 3.8) is 0 Å². The number of aliphatic carboxylic acids is 1. The van der Waals surface area contributed by atoms with Crippen LogP contribution in [0.4, 0.5) is 13.2 Å². The van der Waals surface area contributed by atoms with Gasteiger partial charge in [-0.1, -0.05) is 13.3 Å². The molecule has 116 valence electrons. The zero-order chi connectivity index (χ0) is 16.2. The lowest BCUT2D eigenvalue weighted by Gasteiger charge is -2.14. The van der Waals surface area contributed by atoms with Crippen LogP contribution in [0.25, 0.3) is 0 Å². The summed E-state index contributed by atoms with van der Waals surface area (Å²) in [4.78, 5) is 22.3. The molecule has 3 N–H and O–H groups in total. The van der Waals surface area contributed by atoms with Crippen molar-refractivity contribution in [1.29, 1.82) is 0 Å². The molecular weight excluding hydrogens is 291 g/mol. The van der Waals surface area contributed by atoms with Crippen LogP contribution in [0.5, 0.6) is 5.75 Å². The van der Waals surface area contributed by atoms with Crippen LogP contribution >= 0.6 is 0 Å². The van der Waals surface area contributed by atoms with E-state index in [9.17, 15) is 22.8 Å². The molecule has 0 aliphatic heterocycles. The van der Waals surface area contributed by atoms with E-state index in [0.29, 0.717) is 12.5 Å². The number of halogens is 3. The summed E-state index contributed by atoms with van der Waals surface area (Å²) in [5, 5.41) is 19.9. The third-order valence-corrected chi connectivity index (χ3v) is 2.97. The second-order valence-electron chi connectivity index (χ2n) is 4.46. The standard InChI is InChI=1S/C13H14F3NO4/c1-2-6(3-9(18)19)5-17-13(21)7-4-8(14)11(16)12(20)10(7)15/h4,6,20H,2-3,5H2,1H3,(H,17,21)(H,18,19). The Labute approximate surface area is 118 Å². The Morgan fingerprint density at radius 3 is 2.43 bits per heavy atom. The SMILES string of the molecule is CCC(CNC(=O)c1cc(F)c(F)c(O)c1F)CC(=O)O. The number of hydrogen-bond acceptors (Lipinski definition) is 3. The van der Waals surface area contributed by atoms with Crippen LogP contribution in [0.1, 0.15) is 30.1 Å². The molecule has 1 rings (SSSR count). The average Bonchev–Trinajstić information content (AvgIpc) is 2.44. The number of carbonyl (C=O) groups is 2. The van der Waals surface area contributed by atoms with E-state index in [2.05, 4.69) is 5.32 Å². The Balaban J connectivity index is 2.83. The lowest BCUT2D eigenvalue weighted by Crippen LogP contribution is -2.31. The fraction of sp³-hybridized carbons (Fsp3) is 0.385. The van der Waals surface area contributed by atoms with E-state index in [-0.39, 0.29) is 18.9 Å². The smallest absolute Gasteiger partial charge is 0.303 e. The molecule has 0 aliphatic carbocycles. The number of benzene rings is 1. The van der Waals surface area contributed by atoms with Gasteiger partial charge in [0.2, 0.25) is 5.82 Å². The predicted octanol–water partition coefficient (Wildman–Crippen LogP) is 2.04. The average molecular weight is 305 g/mol. The van der Waals surface area contributed by atoms with Crippen LogP contribution < -0.4 is 5.32 Å². The Hall–Kier alpha value is -2.25. The fourth-order valence-corrected chi connectivity index (χ4v) is 1.70. The van der Waals surface area contributed by atoms with Crippen molar-refractivity contribution in [1.82, 2.24) is 5.32 Å². The summed E-state index contributed by atoms with van der Waals surface area (Å²) in [5.41, 5.74) is -0.850. The van der Waals surface area contributed by atoms with Gasteiger partial charge in [-0.15, -0.1) is 0 Å². The predicted molar refractivity (Wildman–Crippen MR) is 66.3 cm³/mol. The lowest BCUT2D eigenvalue weighted by molar-refractivity contribution is -0.138. The fourth-order valence-electron chi connectivity index (χ4n) is 1.70. The van der Waals surface area contributed by atoms with Gasteiger partial charge in [-0.3, -0.25) is 9.59 Å². The number of rotatable bonds is 6. The zero-order valence-electron chi connectivity index (χ0n) is 11.1. The largest absolute Gasteiger partial charge is 0.503 e. The Kier molecular flexibility index (Phi) is 5.57. The number of amides is 1. The quantitative estimate of drug-likeness (QED) is 0.702. The number of carboxylic acids is 1. The van der Waals surface area contributed by atoms with Gasteiger partial charge in [0, 0.05) is 13.0 Å². The third-order valence-electron chi connectivity index (χ3n) is 2.97. The van der Waals surface area contributed by atoms with E-state index in [4.69, 9.17) is 10.2 Å². The summed E-state index contributed by atoms with van der Waals surface area (Å²) in [6.07, 6.45) is 0.264. The molecule has 0 aliphatic rings. The topological polar surface area (TPSA) is 86.6 Å². The molecule has 21 heavy (non-hydrogen) atoms. The molecule has 1 unspecified atom stereocenters. The third kappa shape index (κ3) is 4.11. The first-order chi connectivity index (χ1) is 9.77. The molecule has 0 heterocycles. The number of carbonyl (C=O) groups excluding carboxylic acids is 1. The monoisotopic (exact) mass is 305 g/mol. The summed E-state index contributed by atoms with van der Waals surface area (Å²) in [7, 11) is 0. The van der Waals surface area contributed by atoms with Crippen LogP contribution in [-0.2, 0) is 4.79 Å². The van der Waals surface area contributed by atoms with Crippen LogP contribution in [0.2, 0.25) is 0 Å². The molecule has 0 saturated carbocycles. The molecular formula is C13H14F3NO4. The normalized spacial score (nSPS) is 12.0. The van der Waals surface area contributed by atoms with E-state index in [1.54, 1.807) is 6.92 Å². The summed E-state index contributed by atoms with van der Waals surface area (Å²) in [6, 6.07) is 0.331. The summed E-state index contributed by atoms with van der Waals surface area (Å²) >= 11 is 0. The van der Waals surface area contributed by atoms with E-state index >= 15 is 0 Å². The van der Waals surface area contributed by atoms with Crippen molar-refractivity contribution < 1.29 is 33.0 Å². The number of aromatic hydroxyl groups is 1. The van der Waals surface area contributed by atoms with E-state index in [0.717, 1.165) is 0 Å². The molecule has 0 saturated heterocycles. The van der Waals surface area contributed by atoms with Crippen molar-refractivity contribution in [2.45, 2.75) is 19.8 Å². The first kappa shape index (κ1) is 16.8. The van der Waals surface area contributed by atoms with E-state index < -0.39 is 40.6 Å². The molecule has 1 aromatic carbocycles. The van der Waals surface area contributed by atoms with Crippen molar-refractivity contribution in [3.8, 4) is 5.75 Å². The van der Waals surface area contributed by atoms with Gasteiger partial charge in [-0.2, -0.15) is 4.39 Å². The van der Waals surface area contributed by atoms with Gasteiger partial charge in [-0.25, -0.2) is 8.78 Å². The second kappa shape index (κ2) is 6.96. The van der Waals surface area contributed by atoms with Crippen LogP contribution in [0.15, 0.2) is 6.07 Å². The molecule has 0 bridgehead atoms. The Morgan fingerprint density at radius 1 is 1.29 bits per heavy atom. The number of hydrogen-bond donors (Lipinski definition) is 3. The highest BCUT2D eigenvalue weighted by atomic mass is 19.2. The van der Waals surface area contributed by atoms with Gasteiger partial charge in [0.05, 0.1) is 5.56 Å². The van der Waals surface area contributed by atoms with E-state index in [1.807, 2.05) is 0 Å². The highest BCUT2D eigenvalue weighted by molar-refractivity contribution is 5.95. The number of carboxylic acid groups (broad SMARTS) is 1. The van der Waals surface area contributed by atoms with Gasteiger partial charge in [0.15, 0.2) is 17.4 Å². The minimum atomic E-state index is -1.78. The van der Waals surface area contributed by atoms with Crippen LogP contribution in [-0.4, -0.2) is 28.6 Å². The molecule has 0 radical (unpaired) electrons. The van der Waals surface area contributed by atoms with Crippen LogP contribution in [0, 0.1) is 23.4 Å². The van der Waals surface area contributed by atoms with Gasteiger partial charge in [0.25, 0.3) is 5.91 Å². The van der Waals surface area contributed by atoms with E-state index in [1.165, 1.54) is 0 Å². The van der Waals surface area contributed by atoms with Crippen molar-refractivity contribution in [2.75, 3.05) is 6.54 Å². The maximum Gasteiger partial charge on any atom is 0.303 e. The zero-order valence-corrected chi connectivity index (χ0v) is 11.1. The number of nitrogens with one attached hydrogen (secondary N) is 1. The minimum Gasteiger partial charge on any atom is -0.503 e. The highest BCUT2D eigenvalue weighted by Gasteiger charge is 2.23. The van der Waals surface area contributed by atoms with Gasteiger partial charge >= 0.3 is 5.97 Å². The Morgan fingerprint density at radius 2 is 1.90 bits per heavy atom. The van der Waals surface area contributed by atoms with Crippen molar-refractivity contribution >= 4 is 11.9 Å². The second-order valence-corrected chi connectivity index (χ2v) is 4.46. The van der Waals surface area contributed by atoms with Crippen molar-refractivity contribution in [2.24, 2.45) is 5.92 Å². The first-order valence-corrected chi connectivity index (χ1v) is 6.14. The maximum absolute atomic E-state index is 13.5. The molecule has 1 atom stereocenters. The molecule has 0 spiro atoms. The Bertz CT molecular complexity index is 563. The first-order valence-electron chi connectivity index (χ1n) is 6.14. The molecule has 0 aromatic heterocycles. The summed E-state index contributed by atoms with van der Waals surface area (Å²) in [5.74, 6) is -8.97. The highest BCUT2D eigenvalue weighted by Crippen LogP contribution is 2.25. The molecule has 1 amide bonds. The van der Waals surface area contributed by atoms with Gasteiger partial charge in [-0.05, 0) is 12.0 Å². The summed E-state index contributed by atoms with van der Waals surface area (Å²) in [6.45, 7) is 1.64. The number of phenols is 1. The molecule has 5 nitrogen and oxygen atoms in total. The molecule has 1 aromatic rings. The lowest BCUT2D eigenvalue weighted by atomic mass is 10.0. The van der Waals surface area contributed by atoms with Gasteiger partial charge < -0.3 is 15.5 Å². The van der Waals surface area contributed by atoms with Gasteiger partial charge in [0.1, 0.15) is 0 Å². The molecule has 8 heteroatoms. The number of phenolic OH excluding ortho intramolecular Hbond substituents is 1. The van der Waals surface area contributed by atoms with Crippen LogP contribution in [0.3, 0.4) is 0 Å². The minimum absolute atomic E-state index is 0.0686. The van der Waals surface area contributed by atoms with Crippen molar-refractivity contribution in [3.05, 3.63) is 29.1 Å². The summed E-state index contributed by atoms with van der Waals surface area (Å²) < 4.78 is 39.4. The molecule has 0 fully saturated rings.